The number of ether oxygens (including phenoxy) is 1. The number of nitrogens with one attached hydrogen (secondary N) is 1. The standard InChI is InChI=1S/C81H145N2O7P/c1-7-10-13-16-19-22-25-27-29-31-33-35-37-39-41-43-45-47-49-51-53-55-58-61-64-67-70-73-80(84)82-78(77-89-91(86,87)88-76-75-83(4,5)6)79(72-69-66-63-60-57-24-21-18-15-12-9-3)90-81(85)74-71-68-65-62-59-56-54-52-50-48-46-44-42-40-38-36-34-32-30-28-26-23-20-17-14-11-8-2/h11,14,19-20,22-23,27-30,34,36,40,42,46,48,69,72,78-79H,7-10,12-13,15-18,21,24-26,31-33,35,37-39,41,43-45,47,49-68,70-71,73-77H2,1-6H3,(H-,82,84,86,87)/b14-11-,22-19-,23-20-,29-27-,30-28-,36-34-,42-40-,48-46-,72-69+. The van der Waals surface area contributed by atoms with Gasteiger partial charge >= 0.3 is 5.97 Å². The number of allylic oxidation sites excluding steroid dienone is 17. The Labute approximate surface area is 563 Å². The zero-order chi connectivity index (χ0) is 66.3. The molecule has 0 heterocycles. The van der Waals surface area contributed by atoms with Crippen molar-refractivity contribution in [1.82, 2.24) is 5.32 Å². The molecule has 0 fully saturated rings. The summed E-state index contributed by atoms with van der Waals surface area (Å²) in [5, 5.41) is 3.05. The molecule has 91 heavy (non-hydrogen) atoms. The largest absolute Gasteiger partial charge is 0.756 e. The number of carbonyl (C=O) groups is 2. The van der Waals surface area contributed by atoms with Crippen LogP contribution >= 0.6 is 7.82 Å². The predicted molar refractivity (Wildman–Crippen MR) is 394 cm³/mol. The minimum Gasteiger partial charge on any atom is -0.756 e. The highest BCUT2D eigenvalue weighted by Crippen LogP contribution is 2.38. The number of rotatable bonds is 69. The molecule has 0 saturated heterocycles. The topological polar surface area (TPSA) is 114 Å². The third-order valence-electron chi connectivity index (χ3n) is 16.7. The monoisotopic (exact) mass is 1290 g/mol. The molecule has 0 aliphatic carbocycles. The van der Waals surface area contributed by atoms with Gasteiger partial charge in [-0.05, 0) is 115 Å². The van der Waals surface area contributed by atoms with Crippen molar-refractivity contribution in [3.05, 3.63) is 109 Å². The molecular weight excluding hydrogens is 1140 g/mol. The summed E-state index contributed by atoms with van der Waals surface area (Å²) in [6.07, 6.45) is 96.6. The molecule has 3 unspecified atom stereocenters. The Kier molecular flexibility index (Phi) is 67.0. The SMILES string of the molecule is CC/C=C\C/C=C\C/C=C\C/C=C\C/C=C\C/C=C\CCCCCCCCCCC(=O)OC(/C=C/CCCCCCCCCCC)C(COP(=O)([O-])OCC[N+](C)(C)C)NC(=O)CCCCCCCCCCCCCCCCCCC/C=C\C/C=C\CCCCC. The van der Waals surface area contributed by atoms with E-state index < -0.39 is 26.6 Å². The van der Waals surface area contributed by atoms with E-state index in [0.717, 1.165) is 116 Å². The fraction of sp³-hybridized carbons (Fsp3) is 0.753. The van der Waals surface area contributed by atoms with Crippen molar-refractivity contribution in [3.63, 3.8) is 0 Å². The van der Waals surface area contributed by atoms with E-state index in [9.17, 15) is 19.0 Å². The van der Waals surface area contributed by atoms with Crippen LogP contribution in [0.25, 0.3) is 0 Å². The molecule has 10 heteroatoms. The first-order chi connectivity index (χ1) is 44.4. The van der Waals surface area contributed by atoms with Gasteiger partial charge < -0.3 is 28.5 Å². The van der Waals surface area contributed by atoms with Crippen molar-refractivity contribution >= 4 is 19.7 Å². The van der Waals surface area contributed by atoms with Crippen molar-refractivity contribution in [2.24, 2.45) is 0 Å². The van der Waals surface area contributed by atoms with Gasteiger partial charge in [0, 0.05) is 12.8 Å². The number of carbonyl (C=O) groups excluding carboxylic acids is 2. The number of esters is 1. The Hall–Kier alpha value is -3.33. The number of phosphoric acid groups is 1. The molecule has 0 aromatic heterocycles. The normalized spacial score (nSPS) is 14.1. The van der Waals surface area contributed by atoms with Crippen LogP contribution in [-0.2, 0) is 27.9 Å². The van der Waals surface area contributed by atoms with Crippen LogP contribution in [-0.4, -0.2) is 69.4 Å². The first-order valence-corrected chi connectivity index (χ1v) is 39.7. The van der Waals surface area contributed by atoms with Gasteiger partial charge in [-0.25, -0.2) is 0 Å². The number of phosphoric ester groups is 1. The number of likely N-dealkylation sites (N-methyl/N-ethyl adjacent to an activating group) is 1. The van der Waals surface area contributed by atoms with Crippen LogP contribution in [0.1, 0.15) is 342 Å². The minimum absolute atomic E-state index is 0.0270. The summed E-state index contributed by atoms with van der Waals surface area (Å²) in [5.41, 5.74) is 0. The van der Waals surface area contributed by atoms with Crippen LogP contribution in [0.3, 0.4) is 0 Å². The zero-order valence-electron chi connectivity index (χ0n) is 60.3. The number of quaternary nitrogens is 1. The number of hydrogen-bond donors (Lipinski definition) is 1. The van der Waals surface area contributed by atoms with E-state index in [0.29, 0.717) is 17.4 Å². The first-order valence-electron chi connectivity index (χ1n) is 38.2. The average Bonchev–Trinajstić information content (AvgIpc) is 3.03. The van der Waals surface area contributed by atoms with Crippen LogP contribution in [0.2, 0.25) is 0 Å². The highest BCUT2D eigenvalue weighted by molar-refractivity contribution is 7.45. The minimum atomic E-state index is -4.71. The molecule has 0 aliphatic heterocycles. The van der Waals surface area contributed by atoms with E-state index in [2.05, 4.69) is 123 Å². The van der Waals surface area contributed by atoms with Crippen LogP contribution in [0.4, 0.5) is 0 Å². The summed E-state index contributed by atoms with van der Waals surface area (Å²) in [5.74, 6) is -0.545. The molecule has 0 rings (SSSR count). The number of nitrogens with zero attached hydrogens (tertiary/aromatic N) is 1. The van der Waals surface area contributed by atoms with Gasteiger partial charge in [0.1, 0.15) is 19.3 Å². The second-order valence-corrected chi connectivity index (χ2v) is 28.2. The summed E-state index contributed by atoms with van der Waals surface area (Å²) >= 11 is 0. The second-order valence-electron chi connectivity index (χ2n) is 26.8. The second kappa shape index (κ2) is 69.5. The lowest BCUT2D eigenvalue weighted by molar-refractivity contribution is -0.870. The van der Waals surface area contributed by atoms with Crippen LogP contribution < -0.4 is 10.2 Å². The van der Waals surface area contributed by atoms with E-state index in [1.165, 1.54) is 193 Å². The Balaban J connectivity index is 4.95. The summed E-state index contributed by atoms with van der Waals surface area (Å²) in [4.78, 5) is 40.3. The Bertz CT molecular complexity index is 1930. The predicted octanol–water partition coefficient (Wildman–Crippen LogP) is 24.2. The average molecular weight is 1290 g/mol. The molecule has 9 nitrogen and oxygen atoms in total. The van der Waals surface area contributed by atoms with Gasteiger partial charge in [0.05, 0.1) is 33.8 Å². The number of amides is 1. The van der Waals surface area contributed by atoms with Crippen molar-refractivity contribution in [2.75, 3.05) is 40.9 Å². The summed E-state index contributed by atoms with van der Waals surface area (Å²) in [6.45, 7) is 6.72. The Morgan fingerprint density at radius 3 is 1.08 bits per heavy atom. The zero-order valence-corrected chi connectivity index (χ0v) is 61.2. The Morgan fingerprint density at radius 1 is 0.396 bits per heavy atom. The quantitative estimate of drug-likeness (QED) is 0.0212. The fourth-order valence-corrected chi connectivity index (χ4v) is 11.6. The van der Waals surface area contributed by atoms with Crippen LogP contribution in [0.15, 0.2) is 109 Å². The van der Waals surface area contributed by atoms with Gasteiger partial charge in [0.2, 0.25) is 5.91 Å². The molecule has 0 radical (unpaired) electrons. The molecule has 0 aromatic rings. The molecule has 0 aromatic carbocycles. The van der Waals surface area contributed by atoms with Crippen molar-refractivity contribution in [3.8, 4) is 0 Å². The molecule has 0 saturated carbocycles. The molecule has 526 valence electrons. The van der Waals surface area contributed by atoms with Gasteiger partial charge in [-0.15, -0.1) is 0 Å². The summed E-state index contributed by atoms with van der Waals surface area (Å²) < 4.78 is 30.5. The highest BCUT2D eigenvalue weighted by atomic mass is 31.2. The van der Waals surface area contributed by atoms with Gasteiger partial charge in [-0.3, -0.25) is 14.2 Å². The summed E-state index contributed by atoms with van der Waals surface area (Å²) in [6, 6.07) is -0.898. The van der Waals surface area contributed by atoms with Gasteiger partial charge in [0.15, 0.2) is 0 Å². The van der Waals surface area contributed by atoms with Gasteiger partial charge in [-0.1, -0.05) is 323 Å². The molecule has 1 N–H and O–H groups in total. The third-order valence-corrected chi connectivity index (χ3v) is 17.7. The fourth-order valence-electron chi connectivity index (χ4n) is 10.9. The molecular formula is C81H145N2O7P. The molecule has 0 spiro atoms. The van der Waals surface area contributed by atoms with Gasteiger partial charge in [-0.2, -0.15) is 0 Å². The third kappa shape index (κ3) is 70.8. The lowest BCUT2D eigenvalue weighted by Crippen LogP contribution is -2.47. The van der Waals surface area contributed by atoms with Crippen molar-refractivity contribution in [2.45, 2.75) is 354 Å². The maximum atomic E-state index is 13.6. The smallest absolute Gasteiger partial charge is 0.306 e. The highest BCUT2D eigenvalue weighted by Gasteiger charge is 2.27. The van der Waals surface area contributed by atoms with Crippen molar-refractivity contribution < 1.29 is 37.3 Å². The van der Waals surface area contributed by atoms with E-state index in [1.54, 1.807) is 0 Å². The Morgan fingerprint density at radius 2 is 0.703 bits per heavy atom. The first kappa shape index (κ1) is 87.7. The van der Waals surface area contributed by atoms with Gasteiger partial charge in [0.25, 0.3) is 7.82 Å². The molecule has 0 bridgehead atoms. The van der Waals surface area contributed by atoms with E-state index in [-0.39, 0.29) is 24.9 Å². The maximum absolute atomic E-state index is 13.6. The van der Waals surface area contributed by atoms with Crippen LogP contribution in [0.5, 0.6) is 0 Å². The number of unbranched alkanes of at least 4 members (excludes halogenated alkanes) is 37. The lowest BCUT2D eigenvalue weighted by atomic mass is 10.0. The van der Waals surface area contributed by atoms with Crippen molar-refractivity contribution in [1.29, 1.82) is 0 Å². The van der Waals surface area contributed by atoms with E-state index in [4.69, 9.17) is 13.8 Å². The van der Waals surface area contributed by atoms with E-state index >= 15 is 0 Å². The van der Waals surface area contributed by atoms with E-state index in [1.807, 2.05) is 33.3 Å². The molecule has 0 aliphatic rings. The molecule has 1 amide bonds. The lowest BCUT2D eigenvalue weighted by Gasteiger charge is -2.30. The maximum Gasteiger partial charge on any atom is 0.306 e. The number of hydrogen-bond acceptors (Lipinski definition) is 7. The molecule has 3 atom stereocenters. The van der Waals surface area contributed by atoms with Crippen LogP contribution in [0, 0.1) is 0 Å². The summed E-state index contributed by atoms with van der Waals surface area (Å²) in [7, 11) is 1.18.